The van der Waals surface area contributed by atoms with Crippen LogP contribution in [0.2, 0.25) is 0 Å². The Balaban J connectivity index is 1.37. The van der Waals surface area contributed by atoms with Crippen LogP contribution in [0.3, 0.4) is 0 Å². The van der Waals surface area contributed by atoms with Gasteiger partial charge in [0, 0.05) is 57.0 Å². The van der Waals surface area contributed by atoms with Gasteiger partial charge in [-0.25, -0.2) is 4.79 Å². The lowest BCUT2D eigenvalue weighted by atomic mass is 10.1. The maximum absolute atomic E-state index is 12.4. The minimum Gasteiger partial charge on any atom is -0.465 e. The molecule has 1 saturated heterocycles. The summed E-state index contributed by atoms with van der Waals surface area (Å²) in [4.78, 5) is 39.6. The first-order valence-corrected chi connectivity index (χ1v) is 11.1. The minimum absolute atomic E-state index is 0.0248. The first kappa shape index (κ1) is 24.3. The summed E-state index contributed by atoms with van der Waals surface area (Å²) < 4.78 is 4.61. The molecule has 1 aliphatic rings. The number of methoxy groups -OCH3 is 1. The van der Waals surface area contributed by atoms with E-state index < -0.39 is 16.8 Å². The summed E-state index contributed by atoms with van der Waals surface area (Å²) in [6, 6.07) is 14.1. The number of nitro groups is 1. The highest BCUT2D eigenvalue weighted by molar-refractivity contribution is 5.98. The van der Waals surface area contributed by atoms with E-state index in [2.05, 4.69) is 44.1 Å². The third kappa shape index (κ3) is 7.37. The fourth-order valence-electron chi connectivity index (χ4n) is 3.86. The Morgan fingerprint density at radius 3 is 2.33 bits per heavy atom. The summed E-state index contributed by atoms with van der Waals surface area (Å²) >= 11 is 0. The van der Waals surface area contributed by atoms with Crippen molar-refractivity contribution in [3.8, 4) is 0 Å². The summed E-state index contributed by atoms with van der Waals surface area (Å²) in [5.41, 5.74) is 1.06. The van der Waals surface area contributed by atoms with Gasteiger partial charge in [-0.15, -0.1) is 0 Å². The molecule has 2 aromatic rings. The summed E-state index contributed by atoms with van der Waals surface area (Å²) in [6.45, 7) is 6.56. The van der Waals surface area contributed by atoms with Crippen molar-refractivity contribution < 1.29 is 19.2 Å². The molecule has 0 bridgehead atoms. The number of piperazine rings is 1. The topological polar surface area (TPSA) is 105 Å². The Hall–Kier alpha value is -3.30. The lowest BCUT2D eigenvalue weighted by Gasteiger charge is -2.34. The molecule has 2 aromatic carbocycles. The maximum Gasteiger partial charge on any atom is 0.338 e. The number of nitrogens with zero attached hydrogens (tertiary/aromatic N) is 3. The molecule has 1 fully saturated rings. The highest BCUT2D eigenvalue weighted by Gasteiger charge is 2.19. The number of amides is 1. The Bertz CT molecular complexity index is 959. The Labute approximate surface area is 193 Å². The number of non-ortho nitro benzene ring substituents is 1. The molecule has 0 aliphatic carbocycles. The Morgan fingerprint density at radius 1 is 1.00 bits per heavy atom. The van der Waals surface area contributed by atoms with E-state index in [1.165, 1.54) is 18.7 Å². The molecule has 0 spiro atoms. The van der Waals surface area contributed by atoms with Crippen LogP contribution in [-0.2, 0) is 11.3 Å². The van der Waals surface area contributed by atoms with E-state index in [4.69, 9.17) is 0 Å². The van der Waals surface area contributed by atoms with Crippen molar-refractivity contribution in [1.29, 1.82) is 0 Å². The van der Waals surface area contributed by atoms with Crippen molar-refractivity contribution in [2.45, 2.75) is 19.4 Å². The Morgan fingerprint density at radius 2 is 1.67 bits per heavy atom. The smallest absolute Gasteiger partial charge is 0.338 e. The molecule has 33 heavy (non-hydrogen) atoms. The molecule has 1 aliphatic heterocycles. The number of hydrogen-bond acceptors (Lipinski definition) is 7. The predicted octanol–water partition coefficient (Wildman–Crippen LogP) is 2.71. The van der Waals surface area contributed by atoms with Crippen molar-refractivity contribution in [3.63, 3.8) is 0 Å². The first-order chi connectivity index (χ1) is 16.0. The molecule has 0 unspecified atom stereocenters. The zero-order valence-corrected chi connectivity index (χ0v) is 18.9. The number of nitrogens with one attached hydrogen (secondary N) is 1. The maximum atomic E-state index is 12.4. The highest BCUT2D eigenvalue weighted by atomic mass is 16.6. The monoisotopic (exact) mass is 454 g/mol. The van der Waals surface area contributed by atoms with Crippen LogP contribution in [0.1, 0.15) is 39.1 Å². The molecule has 176 valence electrons. The Kier molecular flexibility index (Phi) is 8.91. The van der Waals surface area contributed by atoms with E-state index in [1.807, 2.05) is 6.07 Å². The number of ether oxygens (including phenoxy) is 1. The van der Waals surface area contributed by atoms with E-state index in [9.17, 15) is 19.7 Å². The quantitative estimate of drug-likeness (QED) is 0.255. The van der Waals surface area contributed by atoms with Crippen LogP contribution in [0, 0.1) is 10.1 Å². The summed E-state index contributed by atoms with van der Waals surface area (Å²) in [7, 11) is 1.18. The van der Waals surface area contributed by atoms with Gasteiger partial charge in [0.2, 0.25) is 0 Å². The van der Waals surface area contributed by atoms with Gasteiger partial charge in [0.1, 0.15) is 0 Å². The number of benzene rings is 2. The van der Waals surface area contributed by atoms with Gasteiger partial charge in [-0.05, 0) is 31.0 Å². The van der Waals surface area contributed by atoms with Crippen LogP contribution in [0.4, 0.5) is 5.69 Å². The van der Waals surface area contributed by atoms with Crippen molar-refractivity contribution in [2.24, 2.45) is 0 Å². The number of unbranched alkanes of at least 4 members (excludes halogenated alkanes) is 1. The average Bonchev–Trinajstić information content (AvgIpc) is 2.84. The van der Waals surface area contributed by atoms with Crippen LogP contribution in [0.5, 0.6) is 0 Å². The number of carbonyl (C=O) groups excluding carboxylic acids is 2. The van der Waals surface area contributed by atoms with Crippen molar-refractivity contribution in [1.82, 2.24) is 15.1 Å². The second-order valence-corrected chi connectivity index (χ2v) is 8.08. The third-order valence-electron chi connectivity index (χ3n) is 5.71. The molecular formula is C24H30N4O5. The molecule has 9 nitrogen and oxygen atoms in total. The van der Waals surface area contributed by atoms with E-state index in [0.717, 1.165) is 64.2 Å². The number of hydrogen-bond donors (Lipinski definition) is 1. The van der Waals surface area contributed by atoms with Gasteiger partial charge < -0.3 is 15.0 Å². The van der Waals surface area contributed by atoms with Crippen molar-refractivity contribution in [3.05, 3.63) is 75.3 Å². The van der Waals surface area contributed by atoms with E-state index >= 15 is 0 Å². The first-order valence-electron chi connectivity index (χ1n) is 11.1. The molecule has 9 heteroatoms. The van der Waals surface area contributed by atoms with Gasteiger partial charge in [-0.2, -0.15) is 0 Å². The molecule has 1 amide bonds. The van der Waals surface area contributed by atoms with Gasteiger partial charge >= 0.3 is 5.97 Å². The molecule has 1 heterocycles. The molecular weight excluding hydrogens is 424 g/mol. The number of rotatable bonds is 10. The fourth-order valence-corrected chi connectivity index (χ4v) is 3.86. The molecule has 0 saturated carbocycles. The van der Waals surface area contributed by atoms with E-state index in [-0.39, 0.29) is 16.8 Å². The fraction of sp³-hybridized carbons (Fsp3) is 0.417. The van der Waals surface area contributed by atoms with Crippen LogP contribution in [-0.4, -0.2) is 73.0 Å². The van der Waals surface area contributed by atoms with Gasteiger partial charge in [0.25, 0.3) is 11.6 Å². The summed E-state index contributed by atoms with van der Waals surface area (Å²) in [6.07, 6.45) is 1.75. The van der Waals surface area contributed by atoms with Gasteiger partial charge in [-0.3, -0.25) is 19.8 Å². The predicted molar refractivity (Wildman–Crippen MR) is 124 cm³/mol. The number of nitro benzene ring substituents is 1. The van der Waals surface area contributed by atoms with E-state index in [0.29, 0.717) is 6.54 Å². The van der Waals surface area contributed by atoms with Crippen LogP contribution in [0.25, 0.3) is 0 Å². The lowest BCUT2D eigenvalue weighted by molar-refractivity contribution is -0.384. The molecule has 0 atom stereocenters. The molecule has 0 aromatic heterocycles. The van der Waals surface area contributed by atoms with Crippen LogP contribution in [0.15, 0.2) is 48.5 Å². The van der Waals surface area contributed by atoms with Crippen molar-refractivity contribution >= 4 is 17.6 Å². The molecule has 1 N–H and O–H groups in total. The zero-order chi connectivity index (χ0) is 23.6. The molecule has 3 rings (SSSR count). The highest BCUT2D eigenvalue weighted by Crippen LogP contribution is 2.18. The SMILES string of the molecule is COC(=O)c1cc(C(=O)NCCCCN2CCN(Cc3ccccc3)CC2)cc([N+](=O)[O-])c1. The lowest BCUT2D eigenvalue weighted by Crippen LogP contribution is -2.46. The minimum atomic E-state index is -0.725. The standard InChI is InChI=1S/C24H30N4O5/c1-33-24(30)21-15-20(16-22(17-21)28(31)32)23(29)25-9-5-6-10-26-11-13-27(14-12-26)18-19-7-3-2-4-8-19/h2-4,7-8,15-17H,5-6,9-14,18H2,1H3,(H,25,29). The largest absolute Gasteiger partial charge is 0.465 e. The van der Waals surface area contributed by atoms with Gasteiger partial charge in [-0.1, -0.05) is 30.3 Å². The summed E-state index contributed by atoms with van der Waals surface area (Å²) in [5.74, 6) is -1.17. The second-order valence-electron chi connectivity index (χ2n) is 8.08. The zero-order valence-electron chi connectivity index (χ0n) is 18.9. The van der Waals surface area contributed by atoms with Gasteiger partial charge in [0.05, 0.1) is 17.6 Å². The third-order valence-corrected chi connectivity index (χ3v) is 5.71. The number of carbonyl (C=O) groups is 2. The number of esters is 1. The van der Waals surface area contributed by atoms with Crippen molar-refractivity contribution in [2.75, 3.05) is 46.4 Å². The van der Waals surface area contributed by atoms with E-state index in [1.54, 1.807) is 0 Å². The van der Waals surface area contributed by atoms with Crippen LogP contribution >= 0.6 is 0 Å². The normalized spacial score (nSPS) is 14.6. The average molecular weight is 455 g/mol. The second kappa shape index (κ2) is 12.1. The molecule has 0 radical (unpaired) electrons. The van der Waals surface area contributed by atoms with Gasteiger partial charge in [0.15, 0.2) is 0 Å². The summed E-state index contributed by atoms with van der Waals surface area (Å²) in [5, 5.41) is 13.9. The van der Waals surface area contributed by atoms with Crippen LogP contribution < -0.4 is 5.32 Å².